The molecule has 0 spiro atoms. The van der Waals surface area contributed by atoms with Crippen LogP contribution in [0, 0.1) is 5.92 Å². The maximum absolute atomic E-state index is 9.00. The Morgan fingerprint density at radius 1 is 1.62 bits per heavy atom. The zero-order chi connectivity index (χ0) is 9.68. The lowest BCUT2D eigenvalue weighted by Crippen LogP contribution is -2.19. The van der Waals surface area contributed by atoms with E-state index in [-0.39, 0.29) is 12.5 Å². The van der Waals surface area contributed by atoms with Gasteiger partial charge in [0.25, 0.3) is 0 Å². The molecular formula is C10H17NOS. The molecule has 0 saturated heterocycles. The van der Waals surface area contributed by atoms with Crippen molar-refractivity contribution >= 4 is 11.3 Å². The molecule has 1 aromatic rings. The predicted octanol–water partition coefficient (Wildman–Crippen LogP) is 1.81. The maximum atomic E-state index is 9.00. The molecule has 2 unspecified atom stereocenters. The number of aliphatic hydroxyl groups is 1. The van der Waals surface area contributed by atoms with Gasteiger partial charge in [-0.25, -0.2) is 0 Å². The molecule has 1 heterocycles. The molecule has 0 aliphatic heterocycles. The van der Waals surface area contributed by atoms with Crippen molar-refractivity contribution in [3.63, 3.8) is 0 Å². The molecule has 0 radical (unpaired) electrons. The third-order valence-corrected chi connectivity index (χ3v) is 3.41. The molecule has 2 atom stereocenters. The summed E-state index contributed by atoms with van der Waals surface area (Å²) in [6.07, 6.45) is 0.980. The smallest absolute Gasteiger partial charge is 0.0471 e. The van der Waals surface area contributed by atoms with Crippen molar-refractivity contribution in [3.05, 3.63) is 22.4 Å². The van der Waals surface area contributed by atoms with Crippen LogP contribution in [0.5, 0.6) is 0 Å². The van der Waals surface area contributed by atoms with Gasteiger partial charge in [0.2, 0.25) is 0 Å². The lowest BCUT2D eigenvalue weighted by molar-refractivity contribution is 0.217. The summed E-state index contributed by atoms with van der Waals surface area (Å²) < 4.78 is 0. The minimum atomic E-state index is 0.201. The van der Waals surface area contributed by atoms with E-state index in [2.05, 4.69) is 24.4 Å². The molecule has 74 valence electrons. The molecule has 0 saturated carbocycles. The lowest BCUT2D eigenvalue weighted by Gasteiger charge is -2.16. The Morgan fingerprint density at radius 2 is 2.38 bits per heavy atom. The van der Waals surface area contributed by atoms with Crippen LogP contribution < -0.4 is 5.73 Å². The van der Waals surface area contributed by atoms with E-state index in [1.165, 1.54) is 4.88 Å². The van der Waals surface area contributed by atoms with Gasteiger partial charge >= 0.3 is 0 Å². The van der Waals surface area contributed by atoms with Crippen molar-refractivity contribution in [1.82, 2.24) is 0 Å². The summed E-state index contributed by atoms with van der Waals surface area (Å²) in [4.78, 5) is 1.38. The predicted molar refractivity (Wildman–Crippen MR) is 57.0 cm³/mol. The average molecular weight is 199 g/mol. The van der Waals surface area contributed by atoms with Gasteiger partial charge in [-0.2, -0.15) is 0 Å². The number of rotatable bonds is 5. The van der Waals surface area contributed by atoms with Crippen LogP contribution in [0.1, 0.15) is 24.1 Å². The highest BCUT2D eigenvalue weighted by Crippen LogP contribution is 2.26. The molecule has 0 aliphatic carbocycles. The minimum Gasteiger partial charge on any atom is -0.396 e. The molecule has 0 aliphatic rings. The summed E-state index contributed by atoms with van der Waals surface area (Å²) in [5, 5.41) is 11.1. The van der Waals surface area contributed by atoms with Gasteiger partial charge in [0.05, 0.1) is 0 Å². The van der Waals surface area contributed by atoms with Crippen LogP contribution in [0.2, 0.25) is 0 Å². The quantitative estimate of drug-likeness (QED) is 0.759. The zero-order valence-corrected chi connectivity index (χ0v) is 8.76. The van der Waals surface area contributed by atoms with Gasteiger partial charge in [0.1, 0.15) is 0 Å². The first kappa shape index (κ1) is 10.7. The summed E-state index contributed by atoms with van der Waals surface area (Å²) in [7, 11) is 0. The van der Waals surface area contributed by atoms with Gasteiger partial charge in [-0.05, 0) is 36.2 Å². The summed E-state index contributed by atoms with van der Waals surface area (Å²) in [6, 6.07) is 4.20. The SMILES string of the molecule is CC(CC(CN)CO)c1cccs1. The van der Waals surface area contributed by atoms with E-state index in [1.54, 1.807) is 11.3 Å². The highest BCUT2D eigenvalue weighted by molar-refractivity contribution is 7.10. The minimum absolute atomic E-state index is 0.201. The summed E-state index contributed by atoms with van der Waals surface area (Å²) >= 11 is 1.77. The standard InChI is InChI=1S/C10H17NOS/c1-8(5-9(6-11)7-12)10-3-2-4-13-10/h2-4,8-9,12H,5-7,11H2,1H3. The molecular weight excluding hydrogens is 182 g/mol. The van der Waals surface area contributed by atoms with Gasteiger partial charge in [-0.1, -0.05) is 13.0 Å². The molecule has 1 rings (SSSR count). The number of nitrogens with two attached hydrogens (primary N) is 1. The van der Waals surface area contributed by atoms with E-state index in [0.29, 0.717) is 12.5 Å². The summed E-state index contributed by atoms with van der Waals surface area (Å²) in [5.41, 5.74) is 5.53. The zero-order valence-electron chi connectivity index (χ0n) is 7.94. The second kappa shape index (κ2) is 5.37. The van der Waals surface area contributed by atoms with Crippen molar-refractivity contribution in [2.45, 2.75) is 19.3 Å². The van der Waals surface area contributed by atoms with E-state index in [0.717, 1.165) is 6.42 Å². The average Bonchev–Trinajstić information content (AvgIpc) is 2.66. The van der Waals surface area contributed by atoms with E-state index in [1.807, 2.05) is 0 Å². The maximum Gasteiger partial charge on any atom is 0.0471 e. The molecule has 0 bridgehead atoms. The highest BCUT2D eigenvalue weighted by Gasteiger charge is 2.12. The van der Waals surface area contributed by atoms with Crippen molar-refractivity contribution in [1.29, 1.82) is 0 Å². The molecule has 0 amide bonds. The fourth-order valence-electron chi connectivity index (χ4n) is 1.43. The van der Waals surface area contributed by atoms with Crippen LogP contribution >= 0.6 is 11.3 Å². The highest BCUT2D eigenvalue weighted by atomic mass is 32.1. The van der Waals surface area contributed by atoms with Crippen LogP contribution in [0.25, 0.3) is 0 Å². The number of aliphatic hydroxyl groups excluding tert-OH is 1. The fourth-order valence-corrected chi connectivity index (χ4v) is 2.23. The van der Waals surface area contributed by atoms with Gasteiger partial charge in [0, 0.05) is 11.5 Å². The lowest BCUT2D eigenvalue weighted by atomic mass is 9.95. The van der Waals surface area contributed by atoms with Gasteiger partial charge in [-0.3, -0.25) is 0 Å². The normalized spacial score (nSPS) is 15.6. The fraction of sp³-hybridized carbons (Fsp3) is 0.600. The van der Waals surface area contributed by atoms with E-state index in [4.69, 9.17) is 10.8 Å². The number of hydrogen-bond acceptors (Lipinski definition) is 3. The Labute approximate surface area is 83.4 Å². The van der Waals surface area contributed by atoms with Crippen LogP contribution in [0.15, 0.2) is 17.5 Å². The molecule has 13 heavy (non-hydrogen) atoms. The van der Waals surface area contributed by atoms with E-state index >= 15 is 0 Å². The van der Waals surface area contributed by atoms with E-state index in [9.17, 15) is 0 Å². The van der Waals surface area contributed by atoms with Crippen LogP contribution in [-0.4, -0.2) is 18.3 Å². The molecule has 3 heteroatoms. The number of hydrogen-bond donors (Lipinski definition) is 2. The van der Waals surface area contributed by atoms with Crippen molar-refractivity contribution in [2.75, 3.05) is 13.2 Å². The molecule has 1 aromatic heterocycles. The third kappa shape index (κ3) is 3.10. The number of thiophene rings is 1. The van der Waals surface area contributed by atoms with Crippen LogP contribution in [-0.2, 0) is 0 Å². The Morgan fingerprint density at radius 3 is 2.85 bits per heavy atom. The third-order valence-electron chi connectivity index (χ3n) is 2.31. The molecule has 2 nitrogen and oxygen atoms in total. The van der Waals surface area contributed by atoms with Crippen LogP contribution in [0.3, 0.4) is 0 Å². The Bertz CT molecular complexity index is 219. The van der Waals surface area contributed by atoms with Crippen molar-refractivity contribution in [2.24, 2.45) is 11.7 Å². The molecule has 0 aromatic carbocycles. The Balaban J connectivity index is 2.45. The second-order valence-electron chi connectivity index (χ2n) is 3.44. The van der Waals surface area contributed by atoms with Gasteiger partial charge in [0.15, 0.2) is 0 Å². The van der Waals surface area contributed by atoms with Gasteiger partial charge in [-0.15, -0.1) is 11.3 Å². The topological polar surface area (TPSA) is 46.2 Å². The summed E-state index contributed by atoms with van der Waals surface area (Å²) in [6.45, 7) is 2.96. The van der Waals surface area contributed by atoms with E-state index < -0.39 is 0 Å². The summed E-state index contributed by atoms with van der Waals surface area (Å²) in [5.74, 6) is 0.762. The molecule has 3 N–H and O–H groups in total. The first-order valence-corrected chi connectivity index (χ1v) is 5.50. The Hall–Kier alpha value is -0.380. The first-order chi connectivity index (χ1) is 6.27. The largest absolute Gasteiger partial charge is 0.396 e. The van der Waals surface area contributed by atoms with Gasteiger partial charge < -0.3 is 10.8 Å². The first-order valence-electron chi connectivity index (χ1n) is 4.62. The van der Waals surface area contributed by atoms with Crippen molar-refractivity contribution in [3.8, 4) is 0 Å². The monoisotopic (exact) mass is 199 g/mol. The second-order valence-corrected chi connectivity index (χ2v) is 4.42. The van der Waals surface area contributed by atoms with Crippen LogP contribution in [0.4, 0.5) is 0 Å². The Kier molecular flexibility index (Phi) is 4.42. The van der Waals surface area contributed by atoms with Crippen molar-refractivity contribution < 1.29 is 5.11 Å². The molecule has 0 fully saturated rings.